The van der Waals surface area contributed by atoms with Crippen molar-refractivity contribution in [3.63, 3.8) is 0 Å². The van der Waals surface area contributed by atoms with Gasteiger partial charge in [0.2, 0.25) is 0 Å². The number of nitrogens with zero attached hydrogens (tertiary/aromatic N) is 2. The molecule has 0 N–H and O–H groups in total. The van der Waals surface area contributed by atoms with Crippen molar-refractivity contribution in [2.75, 3.05) is 26.3 Å². The van der Waals surface area contributed by atoms with Gasteiger partial charge in [0.15, 0.2) is 0 Å². The SMILES string of the molecule is CC(Cc1ccn(C(C)C)c1)N1CCOCC1. The molecule has 0 aliphatic carbocycles. The third kappa shape index (κ3) is 3.33. The summed E-state index contributed by atoms with van der Waals surface area (Å²) in [5.74, 6) is 0. The Bertz CT molecular complexity index is 340. The molecule has 0 bridgehead atoms. The van der Waals surface area contributed by atoms with Crippen LogP contribution in [0.1, 0.15) is 32.4 Å². The summed E-state index contributed by atoms with van der Waals surface area (Å²) in [5, 5.41) is 0. The third-order valence-electron chi connectivity index (χ3n) is 3.57. The Morgan fingerprint density at radius 2 is 1.94 bits per heavy atom. The molecule has 0 radical (unpaired) electrons. The van der Waals surface area contributed by atoms with Gasteiger partial charge in [0.05, 0.1) is 13.2 Å². The van der Waals surface area contributed by atoms with Crippen molar-refractivity contribution in [2.45, 2.75) is 39.3 Å². The Labute approximate surface area is 104 Å². The van der Waals surface area contributed by atoms with Crippen molar-refractivity contribution < 1.29 is 4.74 Å². The van der Waals surface area contributed by atoms with E-state index in [1.54, 1.807) is 0 Å². The molecule has 1 aromatic heterocycles. The van der Waals surface area contributed by atoms with E-state index in [4.69, 9.17) is 4.74 Å². The lowest BCUT2D eigenvalue weighted by atomic mass is 10.1. The van der Waals surface area contributed by atoms with Gasteiger partial charge in [-0.2, -0.15) is 0 Å². The van der Waals surface area contributed by atoms with Crippen LogP contribution in [0.4, 0.5) is 0 Å². The summed E-state index contributed by atoms with van der Waals surface area (Å²) in [5.41, 5.74) is 1.44. The van der Waals surface area contributed by atoms with E-state index in [1.165, 1.54) is 5.56 Å². The van der Waals surface area contributed by atoms with Crippen LogP contribution in [0.2, 0.25) is 0 Å². The molecule has 1 unspecified atom stereocenters. The summed E-state index contributed by atoms with van der Waals surface area (Å²) >= 11 is 0. The topological polar surface area (TPSA) is 17.4 Å². The molecule has 1 atom stereocenters. The summed E-state index contributed by atoms with van der Waals surface area (Å²) in [7, 11) is 0. The molecule has 0 spiro atoms. The Hall–Kier alpha value is -0.800. The maximum atomic E-state index is 5.39. The molecule has 17 heavy (non-hydrogen) atoms. The van der Waals surface area contributed by atoms with Gasteiger partial charge in [0.25, 0.3) is 0 Å². The fourth-order valence-corrected chi connectivity index (χ4v) is 2.39. The van der Waals surface area contributed by atoms with Crippen LogP contribution >= 0.6 is 0 Å². The Balaban J connectivity index is 1.90. The molecule has 1 aliphatic heterocycles. The molecule has 96 valence electrons. The minimum absolute atomic E-state index is 0.558. The molecule has 0 amide bonds. The predicted octanol–water partition coefficient (Wildman–Crippen LogP) is 2.33. The number of morpholine rings is 1. The van der Waals surface area contributed by atoms with Crippen molar-refractivity contribution in [1.82, 2.24) is 9.47 Å². The van der Waals surface area contributed by atoms with Gasteiger partial charge >= 0.3 is 0 Å². The largest absolute Gasteiger partial charge is 0.379 e. The molecule has 2 heterocycles. The lowest BCUT2D eigenvalue weighted by Gasteiger charge is -2.32. The molecule has 3 heteroatoms. The van der Waals surface area contributed by atoms with Gasteiger partial charge in [0.1, 0.15) is 0 Å². The minimum atomic E-state index is 0.558. The fourth-order valence-electron chi connectivity index (χ4n) is 2.39. The highest BCUT2D eigenvalue weighted by Gasteiger charge is 2.17. The van der Waals surface area contributed by atoms with Gasteiger partial charge in [-0.05, 0) is 38.8 Å². The van der Waals surface area contributed by atoms with E-state index >= 15 is 0 Å². The van der Waals surface area contributed by atoms with Crippen LogP contribution in [0.15, 0.2) is 18.5 Å². The highest BCUT2D eigenvalue weighted by molar-refractivity contribution is 5.12. The molecule has 0 saturated carbocycles. The first-order chi connectivity index (χ1) is 8.16. The number of aromatic nitrogens is 1. The average Bonchev–Trinajstić information content (AvgIpc) is 2.79. The highest BCUT2D eigenvalue weighted by atomic mass is 16.5. The van der Waals surface area contributed by atoms with Gasteiger partial charge in [-0.1, -0.05) is 0 Å². The Kier molecular flexibility index (Phi) is 4.24. The van der Waals surface area contributed by atoms with Crippen LogP contribution in [0, 0.1) is 0 Å². The minimum Gasteiger partial charge on any atom is -0.379 e. The molecular formula is C14H24N2O. The van der Waals surface area contributed by atoms with Gasteiger partial charge in [-0.3, -0.25) is 4.90 Å². The van der Waals surface area contributed by atoms with Crippen LogP contribution in [-0.2, 0) is 11.2 Å². The highest BCUT2D eigenvalue weighted by Crippen LogP contribution is 2.13. The van der Waals surface area contributed by atoms with Crippen LogP contribution in [0.5, 0.6) is 0 Å². The third-order valence-corrected chi connectivity index (χ3v) is 3.57. The first kappa shape index (κ1) is 12.7. The van der Waals surface area contributed by atoms with E-state index < -0.39 is 0 Å². The monoisotopic (exact) mass is 236 g/mol. The molecule has 1 aromatic rings. The standard InChI is InChI=1S/C14H24N2O/c1-12(2)16-5-4-14(11-16)10-13(3)15-6-8-17-9-7-15/h4-5,11-13H,6-10H2,1-3H3. The quantitative estimate of drug-likeness (QED) is 0.798. The van der Waals surface area contributed by atoms with E-state index in [9.17, 15) is 0 Å². The van der Waals surface area contributed by atoms with Crippen molar-refractivity contribution in [2.24, 2.45) is 0 Å². The van der Waals surface area contributed by atoms with Crippen molar-refractivity contribution in [3.05, 3.63) is 24.0 Å². The summed E-state index contributed by atoms with van der Waals surface area (Å²) in [6, 6.07) is 3.42. The zero-order valence-corrected chi connectivity index (χ0v) is 11.2. The van der Waals surface area contributed by atoms with Gasteiger partial charge in [0, 0.05) is 37.6 Å². The summed E-state index contributed by atoms with van der Waals surface area (Å²) in [4.78, 5) is 2.52. The molecule has 2 rings (SSSR count). The van der Waals surface area contributed by atoms with Crippen LogP contribution in [0.25, 0.3) is 0 Å². The number of hydrogen-bond acceptors (Lipinski definition) is 2. The van der Waals surface area contributed by atoms with Crippen molar-refractivity contribution in [1.29, 1.82) is 0 Å². The van der Waals surface area contributed by atoms with Crippen molar-refractivity contribution >= 4 is 0 Å². The second kappa shape index (κ2) is 5.69. The zero-order valence-electron chi connectivity index (χ0n) is 11.2. The molecule has 0 aromatic carbocycles. The molecule has 1 saturated heterocycles. The van der Waals surface area contributed by atoms with E-state index in [2.05, 4.69) is 48.7 Å². The second-order valence-corrected chi connectivity index (χ2v) is 5.26. The average molecular weight is 236 g/mol. The lowest BCUT2D eigenvalue weighted by Crippen LogP contribution is -2.43. The first-order valence-electron chi connectivity index (χ1n) is 6.65. The number of rotatable bonds is 4. The summed E-state index contributed by atoms with van der Waals surface area (Å²) < 4.78 is 7.67. The maximum absolute atomic E-state index is 5.39. The summed E-state index contributed by atoms with van der Waals surface area (Å²) in [6.07, 6.45) is 5.60. The molecule has 1 aliphatic rings. The molecular weight excluding hydrogens is 212 g/mol. The predicted molar refractivity (Wildman–Crippen MR) is 70.4 cm³/mol. The number of hydrogen-bond donors (Lipinski definition) is 0. The second-order valence-electron chi connectivity index (χ2n) is 5.26. The lowest BCUT2D eigenvalue weighted by molar-refractivity contribution is 0.0203. The van der Waals surface area contributed by atoms with Crippen LogP contribution in [-0.4, -0.2) is 41.8 Å². The summed E-state index contributed by atoms with van der Waals surface area (Å²) in [6.45, 7) is 10.7. The zero-order chi connectivity index (χ0) is 12.3. The molecule has 1 fully saturated rings. The smallest absolute Gasteiger partial charge is 0.0594 e. The van der Waals surface area contributed by atoms with E-state index in [0.29, 0.717) is 12.1 Å². The Morgan fingerprint density at radius 1 is 1.24 bits per heavy atom. The maximum Gasteiger partial charge on any atom is 0.0594 e. The van der Waals surface area contributed by atoms with E-state index in [0.717, 1.165) is 32.7 Å². The van der Waals surface area contributed by atoms with Gasteiger partial charge < -0.3 is 9.30 Å². The normalized spacial score (nSPS) is 19.8. The molecule has 3 nitrogen and oxygen atoms in total. The fraction of sp³-hybridized carbons (Fsp3) is 0.714. The first-order valence-corrected chi connectivity index (χ1v) is 6.65. The Morgan fingerprint density at radius 3 is 2.53 bits per heavy atom. The number of ether oxygens (including phenoxy) is 1. The van der Waals surface area contributed by atoms with Crippen LogP contribution < -0.4 is 0 Å². The van der Waals surface area contributed by atoms with E-state index in [-0.39, 0.29) is 0 Å². The van der Waals surface area contributed by atoms with Gasteiger partial charge in [-0.25, -0.2) is 0 Å². The van der Waals surface area contributed by atoms with Crippen molar-refractivity contribution in [3.8, 4) is 0 Å². The van der Waals surface area contributed by atoms with Crippen LogP contribution in [0.3, 0.4) is 0 Å². The van der Waals surface area contributed by atoms with E-state index in [1.807, 2.05) is 0 Å². The van der Waals surface area contributed by atoms with Gasteiger partial charge in [-0.15, -0.1) is 0 Å².